The summed E-state index contributed by atoms with van der Waals surface area (Å²) >= 11 is 1.59. The number of nitrogens with one attached hydrogen (secondary N) is 1. The zero-order chi connectivity index (χ0) is 19.6. The number of aromatic nitrogens is 1. The monoisotopic (exact) mass is 411 g/mol. The molecule has 0 aliphatic carbocycles. The Kier molecular flexibility index (Phi) is 5.63. The van der Waals surface area contributed by atoms with Gasteiger partial charge in [0, 0.05) is 37.6 Å². The van der Waals surface area contributed by atoms with E-state index in [1.165, 1.54) is 19.2 Å². The van der Waals surface area contributed by atoms with Crippen molar-refractivity contribution in [1.82, 2.24) is 9.71 Å². The number of thiazole rings is 1. The van der Waals surface area contributed by atoms with E-state index in [0.29, 0.717) is 25.3 Å². The fraction of sp³-hybridized carbons (Fsp3) is 0.438. The first kappa shape index (κ1) is 19.5. The molecule has 0 spiro atoms. The van der Waals surface area contributed by atoms with Gasteiger partial charge in [-0.2, -0.15) is 0 Å². The van der Waals surface area contributed by atoms with Gasteiger partial charge in [-0.1, -0.05) is 0 Å². The van der Waals surface area contributed by atoms with E-state index in [1.54, 1.807) is 11.3 Å². The maximum Gasteiger partial charge on any atom is 0.293 e. The Morgan fingerprint density at radius 2 is 1.93 bits per heavy atom. The van der Waals surface area contributed by atoms with Gasteiger partial charge in [0.05, 0.1) is 15.5 Å². The van der Waals surface area contributed by atoms with Crippen molar-refractivity contribution < 1.29 is 13.3 Å². The van der Waals surface area contributed by atoms with E-state index in [9.17, 15) is 18.5 Å². The molecular weight excluding hydrogens is 390 g/mol. The molecule has 11 heteroatoms. The number of anilines is 2. The molecule has 0 atom stereocenters. The highest BCUT2D eigenvalue weighted by atomic mass is 32.2. The van der Waals surface area contributed by atoms with E-state index < -0.39 is 14.9 Å². The molecule has 146 valence electrons. The number of aryl methyl sites for hydroxylation is 1. The predicted octanol–water partition coefficient (Wildman–Crippen LogP) is 1.98. The lowest BCUT2D eigenvalue weighted by Gasteiger charge is -2.23. The summed E-state index contributed by atoms with van der Waals surface area (Å²) in [4.78, 5) is 19.5. The van der Waals surface area contributed by atoms with Crippen LogP contribution in [0.2, 0.25) is 0 Å². The number of sulfonamides is 1. The minimum Gasteiger partial charge on any atom is -0.364 e. The fourth-order valence-electron chi connectivity index (χ4n) is 3.04. The largest absolute Gasteiger partial charge is 0.364 e. The van der Waals surface area contributed by atoms with Gasteiger partial charge in [-0.3, -0.25) is 10.1 Å². The molecule has 3 rings (SSSR count). The third-order valence-electron chi connectivity index (χ3n) is 4.44. The first-order valence-corrected chi connectivity index (χ1v) is 10.8. The van der Waals surface area contributed by atoms with Gasteiger partial charge in [0.1, 0.15) is 5.69 Å². The molecule has 1 N–H and O–H groups in total. The summed E-state index contributed by atoms with van der Waals surface area (Å²) in [5.74, 6) is 0. The number of nitrogens with zero attached hydrogens (tertiary/aromatic N) is 4. The van der Waals surface area contributed by atoms with Crippen LogP contribution >= 0.6 is 11.3 Å². The molecule has 9 nitrogen and oxygen atoms in total. The van der Waals surface area contributed by atoms with Crippen LogP contribution in [0.25, 0.3) is 0 Å². The van der Waals surface area contributed by atoms with Gasteiger partial charge in [0.25, 0.3) is 5.69 Å². The van der Waals surface area contributed by atoms with Crippen molar-refractivity contribution in [1.29, 1.82) is 0 Å². The van der Waals surface area contributed by atoms with Crippen LogP contribution in [-0.4, -0.2) is 51.6 Å². The Balaban J connectivity index is 1.86. The van der Waals surface area contributed by atoms with Crippen LogP contribution in [0.5, 0.6) is 0 Å². The molecule has 1 aliphatic heterocycles. The topological polar surface area (TPSA) is 109 Å². The molecule has 2 aromatic rings. The van der Waals surface area contributed by atoms with E-state index in [4.69, 9.17) is 0 Å². The Bertz CT molecular complexity index is 944. The fourth-order valence-corrected chi connectivity index (χ4v) is 4.65. The van der Waals surface area contributed by atoms with Gasteiger partial charge < -0.3 is 9.80 Å². The normalized spacial score (nSPS) is 15.6. The summed E-state index contributed by atoms with van der Waals surface area (Å²) in [5.41, 5.74) is 1.21. The summed E-state index contributed by atoms with van der Waals surface area (Å²) in [6.45, 7) is 4.72. The molecule has 1 saturated heterocycles. The molecule has 0 amide bonds. The quantitative estimate of drug-likeness (QED) is 0.592. The molecule has 0 saturated carbocycles. The van der Waals surface area contributed by atoms with E-state index in [0.717, 1.165) is 29.9 Å². The molecule has 1 fully saturated rings. The maximum absolute atomic E-state index is 12.0. The Morgan fingerprint density at radius 1 is 1.22 bits per heavy atom. The molecule has 2 heterocycles. The average Bonchev–Trinajstić information content (AvgIpc) is 2.93. The van der Waals surface area contributed by atoms with Crippen LogP contribution in [0.4, 0.5) is 16.5 Å². The van der Waals surface area contributed by atoms with Crippen molar-refractivity contribution in [3.63, 3.8) is 0 Å². The second-order valence-corrected chi connectivity index (χ2v) is 8.94. The van der Waals surface area contributed by atoms with Gasteiger partial charge in [-0.25, -0.2) is 18.1 Å². The SMILES string of the molecule is CNS(=O)(=O)c1ccc(N2CCCN(c3nc(C)cs3)CC2)c([N+](=O)[O-])c1. The zero-order valence-electron chi connectivity index (χ0n) is 15.1. The van der Waals surface area contributed by atoms with E-state index >= 15 is 0 Å². The molecule has 1 aromatic heterocycles. The van der Waals surface area contributed by atoms with Crippen LogP contribution in [0.3, 0.4) is 0 Å². The van der Waals surface area contributed by atoms with Crippen molar-refractivity contribution in [2.24, 2.45) is 0 Å². The summed E-state index contributed by atoms with van der Waals surface area (Å²) < 4.78 is 26.1. The summed E-state index contributed by atoms with van der Waals surface area (Å²) in [6.07, 6.45) is 0.826. The average molecular weight is 412 g/mol. The molecule has 1 aromatic carbocycles. The lowest BCUT2D eigenvalue weighted by Crippen LogP contribution is -2.31. The number of hydrogen-bond donors (Lipinski definition) is 1. The standard InChI is InChI=1S/C16H21N5O4S2/c1-12-11-26-16(18-12)20-7-3-6-19(8-9-20)14-5-4-13(27(24,25)17-2)10-15(14)21(22)23/h4-5,10-11,17H,3,6-9H2,1-2H3. The van der Waals surface area contributed by atoms with E-state index in [-0.39, 0.29) is 10.6 Å². The summed E-state index contributed by atoms with van der Waals surface area (Å²) in [7, 11) is -2.46. The van der Waals surface area contributed by atoms with Crippen LogP contribution in [0.1, 0.15) is 12.1 Å². The first-order chi connectivity index (χ1) is 12.8. The van der Waals surface area contributed by atoms with Gasteiger partial charge in [0.15, 0.2) is 5.13 Å². The molecular formula is C16H21N5O4S2. The lowest BCUT2D eigenvalue weighted by atomic mass is 10.2. The third-order valence-corrected chi connectivity index (χ3v) is 6.87. The van der Waals surface area contributed by atoms with E-state index in [2.05, 4.69) is 14.6 Å². The van der Waals surface area contributed by atoms with Crippen LogP contribution in [0, 0.1) is 17.0 Å². The number of hydrogen-bond acceptors (Lipinski definition) is 8. The Labute approximate surface area is 161 Å². The number of nitro benzene ring substituents is 1. The van der Waals surface area contributed by atoms with Crippen molar-refractivity contribution in [2.75, 3.05) is 43.0 Å². The zero-order valence-corrected chi connectivity index (χ0v) is 16.7. The number of benzene rings is 1. The first-order valence-electron chi connectivity index (χ1n) is 8.46. The van der Waals surface area contributed by atoms with Crippen molar-refractivity contribution in [3.8, 4) is 0 Å². The molecule has 0 radical (unpaired) electrons. The molecule has 1 aliphatic rings. The second kappa shape index (κ2) is 7.79. The van der Waals surface area contributed by atoms with Gasteiger partial charge >= 0.3 is 0 Å². The number of rotatable bonds is 5. The third kappa shape index (κ3) is 4.20. The molecule has 0 bridgehead atoms. The van der Waals surface area contributed by atoms with Crippen LogP contribution in [-0.2, 0) is 10.0 Å². The molecule has 27 heavy (non-hydrogen) atoms. The Morgan fingerprint density at radius 3 is 2.56 bits per heavy atom. The van der Waals surface area contributed by atoms with Crippen LogP contribution < -0.4 is 14.5 Å². The second-order valence-electron chi connectivity index (χ2n) is 6.21. The predicted molar refractivity (Wildman–Crippen MR) is 105 cm³/mol. The smallest absolute Gasteiger partial charge is 0.293 e. The highest BCUT2D eigenvalue weighted by Gasteiger charge is 2.25. The minimum absolute atomic E-state index is 0.116. The van der Waals surface area contributed by atoms with Crippen LogP contribution in [0.15, 0.2) is 28.5 Å². The molecule has 0 unspecified atom stereocenters. The summed E-state index contributed by atoms with van der Waals surface area (Å²) in [6, 6.07) is 4.04. The lowest BCUT2D eigenvalue weighted by molar-refractivity contribution is -0.384. The van der Waals surface area contributed by atoms with Crippen molar-refractivity contribution in [2.45, 2.75) is 18.2 Å². The maximum atomic E-state index is 12.0. The highest BCUT2D eigenvalue weighted by molar-refractivity contribution is 7.89. The van der Waals surface area contributed by atoms with Gasteiger partial charge in [-0.05, 0) is 32.5 Å². The minimum atomic E-state index is -3.74. The van der Waals surface area contributed by atoms with Gasteiger partial charge in [-0.15, -0.1) is 11.3 Å². The number of nitro groups is 1. The summed E-state index contributed by atoms with van der Waals surface area (Å²) in [5, 5.41) is 14.5. The highest BCUT2D eigenvalue weighted by Crippen LogP contribution is 2.32. The van der Waals surface area contributed by atoms with E-state index in [1.807, 2.05) is 17.2 Å². The van der Waals surface area contributed by atoms with Gasteiger partial charge in [0.2, 0.25) is 10.0 Å². The Hall–Kier alpha value is -2.24. The van der Waals surface area contributed by atoms with Crippen molar-refractivity contribution >= 4 is 37.9 Å². The van der Waals surface area contributed by atoms with Crippen molar-refractivity contribution in [3.05, 3.63) is 39.4 Å².